The quantitative estimate of drug-likeness (QED) is 0.186. The lowest BCUT2D eigenvalue weighted by molar-refractivity contribution is -0.162. The Hall–Kier alpha value is 0.400. The van der Waals surface area contributed by atoms with Gasteiger partial charge in [0.15, 0.2) is 6.29 Å². The molecule has 0 aromatic carbocycles. The highest BCUT2D eigenvalue weighted by Gasteiger charge is 2.13. The SMILES string of the molecule is BrCCCCCCCCCCCCCCCCOC1CCCCO1. The lowest BCUT2D eigenvalue weighted by Crippen LogP contribution is -2.22. The molecule has 1 rings (SSSR count). The van der Waals surface area contributed by atoms with Gasteiger partial charge in [-0.05, 0) is 32.1 Å². The first kappa shape index (κ1) is 22.4. The van der Waals surface area contributed by atoms with Crippen LogP contribution in [-0.2, 0) is 9.47 Å². The summed E-state index contributed by atoms with van der Waals surface area (Å²) in [5.74, 6) is 0. The van der Waals surface area contributed by atoms with Crippen LogP contribution in [0.1, 0.15) is 109 Å². The van der Waals surface area contributed by atoms with Crippen molar-refractivity contribution in [1.29, 1.82) is 0 Å². The van der Waals surface area contributed by atoms with Crippen LogP contribution in [0.25, 0.3) is 0 Å². The van der Waals surface area contributed by atoms with Gasteiger partial charge in [0.2, 0.25) is 0 Å². The highest BCUT2D eigenvalue weighted by molar-refractivity contribution is 9.09. The van der Waals surface area contributed by atoms with Crippen molar-refractivity contribution in [3.63, 3.8) is 0 Å². The lowest BCUT2D eigenvalue weighted by atomic mass is 10.0. The van der Waals surface area contributed by atoms with Crippen LogP contribution in [0, 0.1) is 0 Å². The van der Waals surface area contributed by atoms with Crippen LogP contribution in [0.4, 0.5) is 0 Å². The van der Waals surface area contributed by atoms with Crippen LogP contribution in [0.3, 0.4) is 0 Å². The minimum absolute atomic E-state index is 0.100. The maximum Gasteiger partial charge on any atom is 0.157 e. The van der Waals surface area contributed by atoms with E-state index in [4.69, 9.17) is 9.47 Å². The number of unbranched alkanes of at least 4 members (excludes halogenated alkanes) is 13. The van der Waals surface area contributed by atoms with Crippen molar-refractivity contribution in [2.75, 3.05) is 18.5 Å². The molecule has 0 aromatic rings. The molecule has 0 bridgehead atoms. The molecule has 1 heterocycles. The number of ether oxygens (including phenoxy) is 2. The summed E-state index contributed by atoms with van der Waals surface area (Å²) in [6, 6.07) is 0. The summed E-state index contributed by atoms with van der Waals surface area (Å²) in [6.45, 7) is 1.78. The summed E-state index contributed by atoms with van der Waals surface area (Å²) in [7, 11) is 0. The fraction of sp³-hybridized carbons (Fsp3) is 1.00. The van der Waals surface area contributed by atoms with Crippen molar-refractivity contribution in [2.45, 2.75) is 115 Å². The minimum Gasteiger partial charge on any atom is -0.353 e. The third-order valence-electron chi connectivity index (χ3n) is 4.97. The van der Waals surface area contributed by atoms with Crippen molar-refractivity contribution in [3.05, 3.63) is 0 Å². The van der Waals surface area contributed by atoms with Crippen LogP contribution in [-0.4, -0.2) is 24.8 Å². The van der Waals surface area contributed by atoms with Gasteiger partial charge in [0.25, 0.3) is 0 Å². The Morgan fingerprint density at radius 2 is 1.17 bits per heavy atom. The van der Waals surface area contributed by atoms with Gasteiger partial charge in [-0.1, -0.05) is 93.0 Å². The third kappa shape index (κ3) is 14.7. The molecular formula is C21H41BrO2. The Morgan fingerprint density at radius 3 is 1.62 bits per heavy atom. The molecule has 1 fully saturated rings. The number of hydrogen-bond donors (Lipinski definition) is 0. The second-order valence-corrected chi connectivity index (χ2v) is 8.10. The molecule has 1 saturated heterocycles. The standard InChI is InChI=1S/C21H41BrO2/c22-18-14-11-9-7-5-3-1-2-4-6-8-10-12-15-19-23-21-17-13-16-20-24-21/h21H,1-20H2. The molecule has 1 atom stereocenters. The van der Waals surface area contributed by atoms with E-state index in [1.165, 1.54) is 108 Å². The van der Waals surface area contributed by atoms with Crippen molar-refractivity contribution >= 4 is 15.9 Å². The fourth-order valence-corrected chi connectivity index (χ4v) is 3.77. The average molecular weight is 405 g/mol. The fourth-order valence-electron chi connectivity index (χ4n) is 3.38. The van der Waals surface area contributed by atoms with Gasteiger partial charge in [-0.3, -0.25) is 0 Å². The second-order valence-electron chi connectivity index (χ2n) is 7.31. The van der Waals surface area contributed by atoms with Crippen molar-refractivity contribution in [3.8, 4) is 0 Å². The van der Waals surface area contributed by atoms with Crippen molar-refractivity contribution in [2.24, 2.45) is 0 Å². The Labute approximate surface area is 159 Å². The average Bonchev–Trinajstić information content (AvgIpc) is 2.62. The lowest BCUT2D eigenvalue weighted by Gasteiger charge is -2.22. The van der Waals surface area contributed by atoms with E-state index in [0.717, 1.165) is 19.6 Å². The van der Waals surface area contributed by atoms with E-state index in [1.54, 1.807) is 0 Å². The van der Waals surface area contributed by atoms with Crippen LogP contribution in [0.5, 0.6) is 0 Å². The van der Waals surface area contributed by atoms with Crippen LogP contribution in [0.2, 0.25) is 0 Å². The number of halogens is 1. The van der Waals surface area contributed by atoms with Gasteiger partial charge in [0, 0.05) is 18.5 Å². The zero-order valence-electron chi connectivity index (χ0n) is 15.9. The van der Waals surface area contributed by atoms with Crippen LogP contribution < -0.4 is 0 Å². The van der Waals surface area contributed by atoms with Gasteiger partial charge >= 0.3 is 0 Å². The predicted octanol–water partition coefficient (Wildman–Crippen LogP) is 7.39. The molecule has 1 unspecified atom stereocenters. The summed E-state index contributed by atoms with van der Waals surface area (Å²) in [6.07, 6.45) is 23.3. The number of hydrogen-bond acceptors (Lipinski definition) is 2. The molecule has 0 radical (unpaired) electrons. The van der Waals surface area contributed by atoms with Gasteiger partial charge in [-0.15, -0.1) is 0 Å². The molecular weight excluding hydrogens is 364 g/mol. The molecule has 0 saturated carbocycles. The Kier molecular flexibility index (Phi) is 17.0. The van der Waals surface area contributed by atoms with Gasteiger partial charge in [0.1, 0.15) is 0 Å². The normalized spacial score (nSPS) is 18.1. The molecule has 2 nitrogen and oxygen atoms in total. The van der Waals surface area contributed by atoms with Gasteiger partial charge in [-0.2, -0.15) is 0 Å². The smallest absolute Gasteiger partial charge is 0.157 e. The molecule has 1 aliphatic heterocycles. The monoisotopic (exact) mass is 404 g/mol. The maximum absolute atomic E-state index is 5.77. The van der Waals surface area contributed by atoms with Gasteiger partial charge in [-0.25, -0.2) is 0 Å². The predicted molar refractivity (Wildman–Crippen MR) is 108 cm³/mol. The summed E-state index contributed by atoms with van der Waals surface area (Å²) < 4.78 is 11.3. The van der Waals surface area contributed by atoms with E-state index in [0.29, 0.717) is 0 Å². The highest BCUT2D eigenvalue weighted by Crippen LogP contribution is 2.15. The molecule has 24 heavy (non-hydrogen) atoms. The first-order chi connectivity index (χ1) is 11.9. The second kappa shape index (κ2) is 18.2. The molecule has 0 aromatic heterocycles. The third-order valence-corrected chi connectivity index (χ3v) is 5.53. The van der Waals surface area contributed by atoms with Crippen LogP contribution in [0.15, 0.2) is 0 Å². The largest absolute Gasteiger partial charge is 0.353 e. The van der Waals surface area contributed by atoms with E-state index >= 15 is 0 Å². The summed E-state index contributed by atoms with van der Waals surface area (Å²) in [5.41, 5.74) is 0. The minimum atomic E-state index is 0.100. The van der Waals surface area contributed by atoms with E-state index in [2.05, 4.69) is 15.9 Å². The number of rotatable bonds is 17. The van der Waals surface area contributed by atoms with E-state index < -0.39 is 0 Å². The van der Waals surface area contributed by atoms with E-state index in [-0.39, 0.29) is 6.29 Å². The van der Waals surface area contributed by atoms with E-state index in [9.17, 15) is 0 Å². The first-order valence-corrected chi connectivity index (χ1v) is 11.8. The molecule has 144 valence electrons. The maximum atomic E-state index is 5.77. The Bertz CT molecular complexity index is 242. The summed E-state index contributed by atoms with van der Waals surface area (Å²) in [5, 5.41) is 1.18. The Balaban J connectivity index is 1.66. The summed E-state index contributed by atoms with van der Waals surface area (Å²) >= 11 is 3.50. The van der Waals surface area contributed by atoms with Crippen molar-refractivity contribution < 1.29 is 9.47 Å². The van der Waals surface area contributed by atoms with Crippen molar-refractivity contribution in [1.82, 2.24) is 0 Å². The van der Waals surface area contributed by atoms with Crippen LogP contribution >= 0.6 is 15.9 Å². The molecule has 1 aliphatic rings. The van der Waals surface area contributed by atoms with Gasteiger partial charge < -0.3 is 9.47 Å². The Morgan fingerprint density at radius 1 is 0.667 bits per heavy atom. The highest BCUT2D eigenvalue weighted by atomic mass is 79.9. The zero-order chi connectivity index (χ0) is 17.1. The molecule has 0 N–H and O–H groups in total. The molecule has 0 aliphatic carbocycles. The summed E-state index contributed by atoms with van der Waals surface area (Å²) in [4.78, 5) is 0. The molecule has 3 heteroatoms. The molecule has 0 amide bonds. The van der Waals surface area contributed by atoms with E-state index in [1.807, 2.05) is 0 Å². The topological polar surface area (TPSA) is 18.5 Å². The first-order valence-electron chi connectivity index (χ1n) is 10.7. The molecule has 0 spiro atoms. The zero-order valence-corrected chi connectivity index (χ0v) is 17.5. The number of alkyl halides is 1. The van der Waals surface area contributed by atoms with Gasteiger partial charge in [0.05, 0.1) is 0 Å².